The number of anilines is 3. The summed E-state index contributed by atoms with van der Waals surface area (Å²) in [4.78, 5) is 31.1. The summed E-state index contributed by atoms with van der Waals surface area (Å²) in [5, 5.41) is 27.5. The van der Waals surface area contributed by atoms with Gasteiger partial charge in [0, 0.05) is 36.6 Å². The summed E-state index contributed by atoms with van der Waals surface area (Å²) in [6.07, 6.45) is 7.36. The quantitative estimate of drug-likeness (QED) is 0.0559. The highest BCUT2D eigenvalue weighted by Crippen LogP contribution is 2.39. The van der Waals surface area contributed by atoms with E-state index in [2.05, 4.69) is 65.2 Å². The molecule has 0 aliphatic carbocycles. The third kappa shape index (κ3) is 8.15. The van der Waals surface area contributed by atoms with Crippen LogP contribution < -0.4 is 4.90 Å². The van der Waals surface area contributed by atoms with Crippen molar-refractivity contribution in [1.82, 2.24) is 0 Å². The number of aliphatic carboxylic acids is 2. The van der Waals surface area contributed by atoms with E-state index in [-0.39, 0.29) is 11.3 Å². The molecular weight excluding hydrogens is 639 g/mol. The molecule has 0 amide bonds. The Morgan fingerprint density at radius 3 is 1.69 bits per heavy atom. The van der Waals surface area contributed by atoms with Gasteiger partial charge < -0.3 is 15.1 Å². The van der Waals surface area contributed by atoms with Crippen molar-refractivity contribution in [3.8, 4) is 27.0 Å². The van der Waals surface area contributed by atoms with Crippen molar-refractivity contribution in [3.05, 3.63) is 135 Å². The molecule has 0 unspecified atom stereocenters. The highest BCUT2D eigenvalue weighted by Gasteiger charge is 2.15. The number of nitriles is 1. The Bertz CT molecular complexity index is 1930. The summed E-state index contributed by atoms with van der Waals surface area (Å²) in [6.45, 7) is 9.31. The van der Waals surface area contributed by atoms with Crippen LogP contribution in [-0.4, -0.2) is 22.2 Å². The predicted octanol–water partition coefficient (Wildman–Crippen LogP) is 10.7. The monoisotopic (exact) mass is 669 g/mol. The zero-order valence-electron chi connectivity index (χ0n) is 26.1. The van der Waals surface area contributed by atoms with Crippen molar-refractivity contribution in [3.63, 3.8) is 0 Å². The number of thiophene rings is 2. The number of carbonyl (C=O) groups is 2. The number of hydrogen-bond donors (Lipinski definition) is 2. The van der Waals surface area contributed by atoms with E-state index in [4.69, 9.17) is 11.8 Å². The third-order valence-electron chi connectivity index (χ3n) is 7.59. The van der Waals surface area contributed by atoms with Crippen molar-refractivity contribution in [2.24, 2.45) is 0 Å². The number of benzene rings is 3. The molecule has 7 nitrogen and oxygen atoms in total. The van der Waals surface area contributed by atoms with Gasteiger partial charge in [-0.3, -0.25) is 4.79 Å². The third-order valence-corrected chi connectivity index (χ3v) is 9.76. The van der Waals surface area contributed by atoms with E-state index in [1.807, 2.05) is 48.5 Å². The fraction of sp³-hybridized carbons (Fsp3) is 0.128. The molecule has 2 heterocycles. The van der Waals surface area contributed by atoms with Gasteiger partial charge in [0.25, 0.3) is 5.70 Å². The first kappa shape index (κ1) is 33.6. The van der Waals surface area contributed by atoms with Crippen LogP contribution in [0.2, 0.25) is 0 Å². The topological polar surface area (TPSA) is 106 Å². The lowest BCUT2D eigenvalue weighted by molar-refractivity contribution is -0.133. The average molecular weight is 670 g/mol. The maximum absolute atomic E-state index is 11.3. The normalized spacial score (nSPS) is 11.5. The molecule has 0 aliphatic heterocycles. The molecule has 0 spiro atoms. The lowest BCUT2D eigenvalue weighted by Crippen LogP contribution is -2.09. The standard InChI is InChI=1S/C39H31N3O4S2/c1-3-4-5-6-26-7-13-30(14-8-26)42(31-15-9-27(10-16-31)36-21-19-33(47-36)23-29(25-40)38(43)44)32-17-11-28(12-18-32)37-22-20-34(48-37)24-35(41-2)39(45)46/h7-24H,3-6H2,1H3,(H,43,44)(H,45,46). The van der Waals surface area contributed by atoms with Crippen LogP contribution in [0.3, 0.4) is 0 Å². The maximum Gasteiger partial charge on any atom is 0.346 e. The van der Waals surface area contributed by atoms with Gasteiger partial charge in [-0.25, -0.2) is 9.64 Å². The van der Waals surface area contributed by atoms with Crippen LogP contribution in [-0.2, 0) is 16.0 Å². The molecular formula is C39H31N3O4S2. The van der Waals surface area contributed by atoms with Gasteiger partial charge in [0.05, 0.1) is 6.57 Å². The summed E-state index contributed by atoms with van der Waals surface area (Å²) in [7, 11) is 0. The first-order valence-electron chi connectivity index (χ1n) is 15.3. The van der Waals surface area contributed by atoms with Crippen LogP contribution in [0.5, 0.6) is 0 Å². The Balaban J connectivity index is 1.45. The van der Waals surface area contributed by atoms with Crippen LogP contribution >= 0.6 is 22.7 Å². The number of carboxylic acids is 2. The molecule has 2 N–H and O–H groups in total. The van der Waals surface area contributed by atoms with Crippen LogP contribution in [0, 0.1) is 17.9 Å². The molecule has 0 aliphatic rings. The Hall–Kier alpha value is -5.74. The number of rotatable bonds is 13. The van der Waals surface area contributed by atoms with Crippen molar-refractivity contribution < 1.29 is 19.8 Å². The fourth-order valence-corrected chi connectivity index (χ4v) is 7.03. The van der Waals surface area contributed by atoms with E-state index < -0.39 is 11.9 Å². The van der Waals surface area contributed by atoms with Crippen molar-refractivity contribution in [2.45, 2.75) is 32.6 Å². The Labute approximate surface area is 287 Å². The first-order chi connectivity index (χ1) is 23.3. The van der Waals surface area contributed by atoms with Gasteiger partial charge in [-0.2, -0.15) is 5.26 Å². The molecule has 0 fully saturated rings. The lowest BCUT2D eigenvalue weighted by Gasteiger charge is -2.26. The average Bonchev–Trinajstić information content (AvgIpc) is 3.77. The molecule has 5 aromatic rings. The summed E-state index contributed by atoms with van der Waals surface area (Å²) in [6, 6.07) is 34.2. The molecule has 0 saturated heterocycles. The van der Waals surface area contributed by atoms with Crippen LogP contribution in [0.1, 0.15) is 41.5 Å². The van der Waals surface area contributed by atoms with E-state index in [0.29, 0.717) is 9.75 Å². The molecule has 0 bridgehead atoms. The van der Waals surface area contributed by atoms with E-state index in [1.54, 1.807) is 6.07 Å². The SMILES string of the molecule is [C-]#[N+]C(=Cc1ccc(-c2ccc(N(c3ccc(CCCCC)cc3)c3ccc(-c4ccc(C=C(C#N)C(=O)O)s4)cc3)cc2)s1)C(=O)O. The molecule has 0 saturated carbocycles. The number of hydrogen-bond acceptors (Lipinski definition) is 6. The van der Waals surface area contributed by atoms with Gasteiger partial charge >= 0.3 is 11.9 Å². The maximum atomic E-state index is 11.3. The predicted molar refractivity (Wildman–Crippen MR) is 194 cm³/mol. The summed E-state index contributed by atoms with van der Waals surface area (Å²) in [5.41, 5.74) is 5.57. The molecule has 48 heavy (non-hydrogen) atoms. The second-order valence-electron chi connectivity index (χ2n) is 10.9. The van der Waals surface area contributed by atoms with Crippen LogP contribution in [0.15, 0.2) is 108 Å². The number of unbranched alkanes of at least 4 members (excludes halogenated alkanes) is 2. The number of carboxylic acid groups (broad SMARTS) is 2. The molecule has 2 aromatic heterocycles. The van der Waals surface area contributed by atoms with Gasteiger partial charge in [0.15, 0.2) is 0 Å². The van der Waals surface area contributed by atoms with Gasteiger partial charge in [-0.15, -0.1) is 22.7 Å². The largest absolute Gasteiger partial charge is 0.486 e. The Morgan fingerprint density at radius 2 is 1.25 bits per heavy atom. The minimum Gasteiger partial charge on any atom is -0.486 e. The first-order valence-corrected chi connectivity index (χ1v) is 16.9. The zero-order valence-corrected chi connectivity index (χ0v) is 27.7. The zero-order chi connectivity index (χ0) is 34.0. The smallest absolute Gasteiger partial charge is 0.346 e. The number of nitrogens with zero attached hydrogens (tertiary/aromatic N) is 3. The summed E-state index contributed by atoms with van der Waals surface area (Å²) in [5.74, 6) is -2.49. The van der Waals surface area contributed by atoms with E-state index >= 15 is 0 Å². The van der Waals surface area contributed by atoms with Gasteiger partial charge in [-0.1, -0.05) is 56.2 Å². The minimum absolute atomic E-state index is 0.305. The van der Waals surface area contributed by atoms with Crippen molar-refractivity contribution in [1.29, 1.82) is 5.26 Å². The Kier molecular flexibility index (Phi) is 11.0. The fourth-order valence-electron chi connectivity index (χ4n) is 5.12. The molecule has 3 aromatic carbocycles. The lowest BCUT2D eigenvalue weighted by atomic mass is 10.1. The van der Waals surface area contributed by atoms with Gasteiger partial charge in [-0.05, 0) is 102 Å². The van der Waals surface area contributed by atoms with Crippen molar-refractivity contribution in [2.75, 3.05) is 4.90 Å². The van der Waals surface area contributed by atoms with E-state index in [9.17, 15) is 19.8 Å². The van der Waals surface area contributed by atoms with Crippen LogP contribution in [0.4, 0.5) is 17.1 Å². The molecule has 9 heteroatoms. The number of aryl methyl sites for hydroxylation is 1. The second-order valence-corrected chi connectivity index (χ2v) is 13.1. The van der Waals surface area contributed by atoms with Crippen LogP contribution in [0.25, 0.3) is 37.9 Å². The minimum atomic E-state index is -1.25. The van der Waals surface area contributed by atoms with Gasteiger partial charge in [0.1, 0.15) is 11.6 Å². The molecule has 0 atom stereocenters. The Morgan fingerprint density at radius 1 is 0.750 bits per heavy atom. The van der Waals surface area contributed by atoms with E-state index in [1.165, 1.54) is 53.2 Å². The highest BCUT2D eigenvalue weighted by atomic mass is 32.1. The summed E-state index contributed by atoms with van der Waals surface area (Å²) < 4.78 is 0. The molecule has 238 valence electrons. The van der Waals surface area contributed by atoms with Gasteiger partial charge in [0.2, 0.25) is 0 Å². The molecule has 0 radical (unpaired) electrons. The summed E-state index contributed by atoms with van der Waals surface area (Å²) >= 11 is 2.85. The van der Waals surface area contributed by atoms with E-state index in [0.717, 1.165) is 50.8 Å². The second kappa shape index (κ2) is 15.7. The molecule has 5 rings (SSSR count). The van der Waals surface area contributed by atoms with Crippen molar-refractivity contribution >= 4 is 63.8 Å². The highest BCUT2D eigenvalue weighted by molar-refractivity contribution is 7.16.